The van der Waals surface area contributed by atoms with Crippen LogP contribution in [0.2, 0.25) is 0 Å². The van der Waals surface area contributed by atoms with Gasteiger partial charge in [0.1, 0.15) is 6.10 Å². The largest absolute Gasteiger partial charge is 0.481 e. The maximum Gasteiger partial charge on any atom is 0.303 e. The third kappa shape index (κ3) is 5.95. The molecule has 7 heteroatoms. The van der Waals surface area contributed by atoms with Gasteiger partial charge in [-0.3, -0.25) is 14.4 Å². The van der Waals surface area contributed by atoms with Gasteiger partial charge in [-0.05, 0) is 0 Å². The number of carboxylic acids is 1. The molecule has 0 aromatic carbocycles. The minimum atomic E-state index is -1.44. The van der Waals surface area contributed by atoms with Crippen LogP contribution in [-0.2, 0) is 14.4 Å². The highest BCUT2D eigenvalue weighted by Crippen LogP contribution is 1.88. The van der Waals surface area contributed by atoms with Crippen molar-refractivity contribution in [1.29, 1.82) is 0 Å². The summed E-state index contributed by atoms with van der Waals surface area (Å²) in [4.78, 5) is 31.2. The van der Waals surface area contributed by atoms with Crippen LogP contribution < -0.4 is 11.1 Å². The van der Waals surface area contributed by atoms with E-state index in [4.69, 9.17) is 15.9 Å². The molecule has 1 atom stereocenters. The van der Waals surface area contributed by atoms with E-state index in [-0.39, 0.29) is 19.4 Å². The number of carboxylic acid groups (broad SMARTS) is 1. The Kier molecular flexibility index (Phi) is 5.23. The fourth-order valence-corrected chi connectivity index (χ4v) is 0.620. The van der Waals surface area contributed by atoms with Crippen LogP contribution in [-0.4, -0.2) is 40.6 Å². The van der Waals surface area contributed by atoms with Gasteiger partial charge in [-0.15, -0.1) is 0 Å². The van der Waals surface area contributed by atoms with Gasteiger partial charge in [-0.1, -0.05) is 0 Å². The molecule has 0 heterocycles. The van der Waals surface area contributed by atoms with Gasteiger partial charge >= 0.3 is 5.97 Å². The molecule has 0 radical (unpaired) electrons. The van der Waals surface area contributed by atoms with E-state index in [2.05, 4.69) is 5.32 Å². The molecule has 0 bridgehead atoms. The van der Waals surface area contributed by atoms with Crippen LogP contribution in [0.15, 0.2) is 0 Å². The summed E-state index contributed by atoms with van der Waals surface area (Å²) < 4.78 is 0. The van der Waals surface area contributed by atoms with Crippen molar-refractivity contribution in [3.05, 3.63) is 0 Å². The van der Waals surface area contributed by atoms with Gasteiger partial charge in [0.2, 0.25) is 11.8 Å². The number of amides is 2. The molecule has 0 aromatic heterocycles. The predicted octanol–water partition coefficient (Wildman–Crippen LogP) is -2.19. The smallest absolute Gasteiger partial charge is 0.303 e. The summed E-state index contributed by atoms with van der Waals surface area (Å²) >= 11 is 0. The Hall–Kier alpha value is -1.63. The first-order valence-corrected chi connectivity index (χ1v) is 3.89. The number of aliphatic hydroxyl groups excluding tert-OH is 1. The molecule has 5 N–H and O–H groups in total. The zero-order chi connectivity index (χ0) is 11.1. The number of aliphatic carboxylic acids is 1. The van der Waals surface area contributed by atoms with Crippen molar-refractivity contribution >= 4 is 17.8 Å². The van der Waals surface area contributed by atoms with E-state index in [1.165, 1.54) is 0 Å². The normalized spacial score (nSPS) is 11.8. The Morgan fingerprint density at radius 1 is 1.29 bits per heavy atom. The Labute approximate surface area is 79.9 Å². The molecule has 1 unspecified atom stereocenters. The number of rotatable bonds is 6. The average Bonchev–Trinajstić information content (AvgIpc) is 2.10. The quantitative estimate of drug-likeness (QED) is 0.390. The highest BCUT2D eigenvalue weighted by Gasteiger charge is 2.12. The van der Waals surface area contributed by atoms with Crippen LogP contribution in [0.3, 0.4) is 0 Å². The molecule has 0 saturated carbocycles. The van der Waals surface area contributed by atoms with Crippen LogP contribution >= 0.6 is 0 Å². The fourth-order valence-electron chi connectivity index (χ4n) is 0.620. The molecule has 0 rings (SSSR count). The summed E-state index contributed by atoms with van der Waals surface area (Å²) in [7, 11) is 0. The summed E-state index contributed by atoms with van der Waals surface area (Å²) in [6.07, 6.45) is -1.93. The first-order chi connectivity index (χ1) is 6.43. The van der Waals surface area contributed by atoms with E-state index in [0.717, 1.165) is 0 Å². The molecule has 0 aliphatic rings. The third-order valence-corrected chi connectivity index (χ3v) is 1.39. The van der Waals surface area contributed by atoms with Crippen molar-refractivity contribution in [2.45, 2.75) is 18.9 Å². The van der Waals surface area contributed by atoms with Crippen molar-refractivity contribution in [1.82, 2.24) is 5.32 Å². The van der Waals surface area contributed by atoms with E-state index >= 15 is 0 Å². The van der Waals surface area contributed by atoms with Crippen LogP contribution in [0.4, 0.5) is 0 Å². The second-order valence-electron chi connectivity index (χ2n) is 2.62. The molecule has 0 aliphatic carbocycles. The predicted molar refractivity (Wildman–Crippen MR) is 45.1 cm³/mol. The SMILES string of the molecule is NC(=O)C(O)CNC(=O)CCC(=O)O. The minimum absolute atomic E-state index is 0.194. The summed E-state index contributed by atoms with van der Waals surface area (Å²) in [6, 6.07) is 0. The number of nitrogens with one attached hydrogen (secondary N) is 1. The summed E-state index contributed by atoms with van der Waals surface area (Å²) in [6.45, 7) is -0.298. The van der Waals surface area contributed by atoms with Crippen molar-refractivity contribution < 1.29 is 24.6 Å². The molecule has 0 saturated heterocycles. The lowest BCUT2D eigenvalue weighted by Gasteiger charge is -2.07. The van der Waals surface area contributed by atoms with E-state index in [0.29, 0.717) is 0 Å². The molecular weight excluding hydrogens is 192 g/mol. The number of carbonyl (C=O) groups is 3. The van der Waals surface area contributed by atoms with E-state index < -0.39 is 23.9 Å². The third-order valence-electron chi connectivity index (χ3n) is 1.39. The second kappa shape index (κ2) is 5.92. The van der Waals surface area contributed by atoms with E-state index in [9.17, 15) is 14.4 Å². The molecule has 0 spiro atoms. The first kappa shape index (κ1) is 12.4. The molecule has 7 nitrogen and oxygen atoms in total. The summed E-state index contributed by atoms with van der Waals surface area (Å²) in [5.74, 6) is -2.58. The first-order valence-electron chi connectivity index (χ1n) is 3.89. The lowest BCUT2D eigenvalue weighted by atomic mass is 10.3. The van der Waals surface area contributed by atoms with Gasteiger partial charge < -0.3 is 21.3 Å². The summed E-state index contributed by atoms with van der Waals surface area (Å²) in [5.41, 5.74) is 4.71. The zero-order valence-electron chi connectivity index (χ0n) is 7.40. The van der Waals surface area contributed by atoms with E-state index in [1.807, 2.05) is 0 Å². The number of hydrogen-bond acceptors (Lipinski definition) is 4. The van der Waals surface area contributed by atoms with E-state index in [1.54, 1.807) is 0 Å². The van der Waals surface area contributed by atoms with Crippen LogP contribution in [0.1, 0.15) is 12.8 Å². The van der Waals surface area contributed by atoms with Gasteiger partial charge in [0.15, 0.2) is 0 Å². The van der Waals surface area contributed by atoms with Gasteiger partial charge in [-0.2, -0.15) is 0 Å². The zero-order valence-corrected chi connectivity index (χ0v) is 7.40. The summed E-state index contributed by atoms with van der Waals surface area (Å²) in [5, 5.41) is 19.2. The monoisotopic (exact) mass is 204 g/mol. The minimum Gasteiger partial charge on any atom is -0.481 e. The topological polar surface area (TPSA) is 130 Å². The maximum absolute atomic E-state index is 10.8. The Balaban J connectivity index is 3.64. The number of carbonyl (C=O) groups excluding carboxylic acids is 2. The molecule has 0 fully saturated rings. The number of aliphatic hydroxyl groups is 1. The molecular formula is C7H12N2O5. The Morgan fingerprint density at radius 2 is 1.86 bits per heavy atom. The highest BCUT2D eigenvalue weighted by molar-refractivity contribution is 5.82. The molecule has 14 heavy (non-hydrogen) atoms. The highest BCUT2D eigenvalue weighted by atomic mass is 16.4. The van der Waals surface area contributed by atoms with Crippen molar-refractivity contribution in [3.8, 4) is 0 Å². The molecule has 80 valence electrons. The second-order valence-corrected chi connectivity index (χ2v) is 2.62. The van der Waals surface area contributed by atoms with Gasteiger partial charge in [0.05, 0.1) is 13.0 Å². The van der Waals surface area contributed by atoms with Crippen molar-refractivity contribution in [2.75, 3.05) is 6.54 Å². The number of primary amides is 1. The van der Waals surface area contributed by atoms with Crippen molar-refractivity contribution in [3.63, 3.8) is 0 Å². The molecule has 2 amide bonds. The molecule has 0 aliphatic heterocycles. The molecule has 0 aromatic rings. The van der Waals surface area contributed by atoms with Gasteiger partial charge in [0, 0.05) is 6.42 Å². The lowest BCUT2D eigenvalue weighted by molar-refractivity contribution is -0.139. The van der Waals surface area contributed by atoms with Crippen molar-refractivity contribution in [2.24, 2.45) is 5.73 Å². The van der Waals surface area contributed by atoms with Crippen LogP contribution in [0, 0.1) is 0 Å². The van der Waals surface area contributed by atoms with Crippen LogP contribution in [0.5, 0.6) is 0 Å². The number of nitrogens with two attached hydrogens (primary N) is 1. The number of hydrogen-bond donors (Lipinski definition) is 4. The Morgan fingerprint density at radius 3 is 2.29 bits per heavy atom. The lowest BCUT2D eigenvalue weighted by Crippen LogP contribution is -2.40. The van der Waals surface area contributed by atoms with Gasteiger partial charge in [0.25, 0.3) is 0 Å². The fraction of sp³-hybridized carbons (Fsp3) is 0.571. The van der Waals surface area contributed by atoms with Crippen LogP contribution in [0.25, 0.3) is 0 Å². The average molecular weight is 204 g/mol. The van der Waals surface area contributed by atoms with Gasteiger partial charge in [-0.25, -0.2) is 0 Å². The maximum atomic E-state index is 10.8. The standard InChI is InChI=1S/C7H12N2O5/c8-7(14)4(10)3-9-5(11)1-2-6(12)13/h4,10H,1-3H2,(H2,8,14)(H,9,11)(H,12,13). The Bertz CT molecular complexity index is 240.